The summed E-state index contributed by atoms with van der Waals surface area (Å²) < 4.78 is 0. The van der Waals surface area contributed by atoms with E-state index in [1.54, 1.807) is 0 Å². The summed E-state index contributed by atoms with van der Waals surface area (Å²) in [6.45, 7) is 5.27. The number of nitrogens with one attached hydrogen (secondary N) is 4. The van der Waals surface area contributed by atoms with Gasteiger partial charge in [-0.25, -0.2) is 0 Å². The van der Waals surface area contributed by atoms with Crippen LogP contribution in [-0.4, -0.2) is 36.2 Å². The first-order valence-corrected chi connectivity index (χ1v) is 6.75. The minimum absolute atomic E-state index is 0.0507. The SMILES string of the molecule is CC1(C)NC2=C(CC(N)(NC3=NCCN3)C=C2)NC1=O. The Kier molecular flexibility index (Phi) is 2.75. The molecule has 0 fully saturated rings. The lowest BCUT2D eigenvalue weighted by Gasteiger charge is -2.39. The average molecular weight is 276 g/mol. The van der Waals surface area contributed by atoms with E-state index in [-0.39, 0.29) is 5.91 Å². The van der Waals surface area contributed by atoms with Crippen molar-refractivity contribution in [1.29, 1.82) is 0 Å². The van der Waals surface area contributed by atoms with Gasteiger partial charge in [-0.15, -0.1) is 0 Å². The zero-order chi connectivity index (χ0) is 14.4. The smallest absolute Gasteiger partial charge is 0.249 e. The van der Waals surface area contributed by atoms with Crippen LogP contribution in [0.4, 0.5) is 0 Å². The Balaban J connectivity index is 1.78. The molecule has 7 nitrogen and oxygen atoms in total. The van der Waals surface area contributed by atoms with E-state index >= 15 is 0 Å². The van der Waals surface area contributed by atoms with Crippen molar-refractivity contribution < 1.29 is 4.79 Å². The van der Waals surface area contributed by atoms with Crippen LogP contribution in [0.15, 0.2) is 28.5 Å². The molecule has 0 bridgehead atoms. The van der Waals surface area contributed by atoms with Crippen LogP contribution in [0.1, 0.15) is 20.3 Å². The van der Waals surface area contributed by atoms with Crippen LogP contribution in [0.25, 0.3) is 0 Å². The van der Waals surface area contributed by atoms with E-state index in [2.05, 4.69) is 26.3 Å². The van der Waals surface area contributed by atoms with Crippen LogP contribution in [0.5, 0.6) is 0 Å². The Morgan fingerprint density at radius 1 is 1.45 bits per heavy atom. The molecule has 2 heterocycles. The summed E-state index contributed by atoms with van der Waals surface area (Å²) in [7, 11) is 0. The second-order valence-electron chi connectivity index (χ2n) is 5.93. The van der Waals surface area contributed by atoms with Crippen LogP contribution in [0.2, 0.25) is 0 Å². The summed E-state index contributed by atoms with van der Waals surface area (Å²) in [5.74, 6) is 0.654. The molecule has 0 aromatic carbocycles. The van der Waals surface area contributed by atoms with Crippen molar-refractivity contribution in [1.82, 2.24) is 21.3 Å². The number of rotatable bonds is 1. The van der Waals surface area contributed by atoms with Crippen molar-refractivity contribution in [3.8, 4) is 0 Å². The van der Waals surface area contributed by atoms with Crippen LogP contribution in [0, 0.1) is 0 Å². The first kappa shape index (κ1) is 13.0. The topological polar surface area (TPSA) is 104 Å². The largest absolute Gasteiger partial charge is 0.370 e. The van der Waals surface area contributed by atoms with Crippen molar-refractivity contribution >= 4 is 11.9 Å². The standard InChI is InChI=1S/C13H20N6O/c1-12(2)10(20)17-9-7-13(14,4-3-8(9)18-12)19-11-15-5-6-16-11/h3-4,18H,5-7,14H2,1-2H3,(H,17,20)(H2,15,16,19). The van der Waals surface area contributed by atoms with Crippen LogP contribution in [-0.2, 0) is 4.79 Å². The highest BCUT2D eigenvalue weighted by Gasteiger charge is 2.38. The number of allylic oxidation sites excluding steroid dienone is 1. The Morgan fingerprint density at radius 3 is 2.95 bits per heavy atom. The fourth-order valence-electron chi connectivity index (χ4n) is 2.48. The molecule has 0 spiro atoms. The van der Waals surface area contributed by atoms with Gasteiger partial charge in [-0.3, -0.25) is 9.79 Å². The van der Waals surface area contributed by atoms with Crippen LogP contribution < -0.4 is 27.0 Å². The number of carbonyl (C=O) groups excluding carboxylic acids is 1. The average Bonchev–Trinajstić information content (AvgIpc) is 2.84. The molecule has 1 aliphatic carbocycles. The predicted molar refractivity (Wildman–Crippen MR) is 76.5 cm³/mol. The zero-order valence-electron chi connectivity index (χ0n) is 11.7. The molecule has 0 radical (unpaired) electrons. The zero-order valence-corrected chi connectivity index (χ0v) is 11.7. The second kappa shape index (κ2) is 4.24. The van der Waals surface area contributed by atoms with E-state index in [1.807, 2.05) is 26.0 Å². The molecule has 20 heavy (non-hydrogen) atoms. The second-order valence-corrected chi connectivity index (χ2v) is 5.93. The normalized spacial score (nSPS) is 30.9. The van der Waals surface area contributed by atoms with Gasteiger partial charge in [-0.05, 0) is 26.0 Å². The van der Waals surface area contributed by atoms with Crippen LogP contribution in [0.3, 0.4) is 0 Å². The van der Waals surface area contributed by atoms with Crippen molar-refractivity contribution in [3.05, 3.63) is 23.5 Å². The molecule has 1 amide bonds. The summed E-state index contributed by atoms with van der Waals surface area (Å²) >= 11 is 0. The Morgan fingerprint density at radius 2 is 2.25 bits per heavy atom. The number of hydrogen-bond acceptors (Lipinski definition) is 6. The summed E-state index contributed by atoms with van der Waals surface area (Å²) in [5, 5.41) is 12.5. The number of nitrogens with zero attached hydrogens (tertiary/aromatic N) is 1. The van der Waals surface area contributed by atoms with E-state index < -0.39 is 11.2 Å². The summed E-state index contributed by atoms with van der Waals surface area (Å²) in [5.41, 5.74) is 6.70. The molecule has 3 rings (SSSR count). The lowest BCUT2D eigenvalue weighted by atomic mass is 9.92. The first-order chi connectivity index (χ1) is 9.38. The highest BCUT2D eigenvalue weighted by Crippen LogP contribution is 2.26. The molecule has 108 valence electrons. The molecule has 0 aromatic rings. The maximum atomic E-state index is 12.0. The third kappa shape index (κ3) is 2.24. The van der Waals surface area contributed by atoms with Gasteiger partial charge in [0.15, 0.2) is 5.96 Å². The third-order valence-electron chi connectivity index (χ3n) is 3.65. The molecule has 0 aromatic heterocycles. The maximum absolute atomic E-state index is 12.0. The van der Waals surface area contributed by atoms with Gasteiger partial charge < -0.3 is 27.0 Å². The van der Waals surface area contributed by atoms with Crippen molar-refractivity contribution in [3.63, 3.8) is 0 Å². The quantitative estimate of drug-likeness (QED) is 0.390. The van der Waals surface area contributed by atoms with Crippen molar-refractivity contribution in [2.75, 3.05) is 13.1 Å². The van der Waals surface area contributed by atoms with E-state index in [9.17, 15) is 4.79 Å². The van der Waals surface area contributed by atoms with E-state index in [1.165, 1.54) is 0 Å². The van der Waals surface area contributed by atoms with Gasteiger partial charge in [0.1, 0.15) is 11.2 Å². The molecular formula is C13H20N6O. The van der Waals surface area contributed by atoms with Gasteiger partial charge in [-0.1, -0.05) is 0 Å². The molecule has 0 saturated heterocycles. The van der Waals surface area contributed by atoms with Gasteiger partial charge in [0.25, 0.3) is 0 Å². The number of guanidine groups is 1. The van der Waals surface area contributed by atoms with E-state index in [0.29, 0.717) is 12.4 Å². The van der Waals surface area contributed by atoms with Gasteiger partial charge in [0, 0.05) is 18.7 Å². The Bertz CT molecular complexity index is 547. The summed E-state index contributed by atoms with van der Waals surface area (Å²) in [6, 6.07) is 0. The minimum Gasteiger partial charge on any atom is -0.370 e. The fraction of sp³-hybridized carbons (Fsp3) is 0.538. The highest BCUT2D eigenvalue weighted by atomic mass is 16.2. The number of nitrogens with two attached hydrogens (primary N) is 1. The lowest BCUT2D eigenvalue weighted by Crippen LogP contribution is -2.62. The summed E-state index contributed by atoms with van der Waals surface area (Å²) in [4.78, 5) is 16.3. The Hall–Kier alpha value is -2.02. The predicted octanol–water partition coefficient (Wildman–Crippen LogP) is -1.14. The van der Waals surface area contributed by atoms with Gasteiger partial charge in [-0.2, -0.15) is 0 Å². The van der Waals surface area contributed by atoms with E-state index in [4.69, 9.17) is 5.73 Å². The molecule has 1 unspecified atom stereocenters. The van der Waals surface area contributed by atoms with E-state index in [0.717, 1.165) is 24.5 Å². The van der Waals surface area contributed by atoms with Crippen LogP contribution >= 0.6 is 0 Å². The summed E-state index contributed by atoms with van der Waals surface area (Å²) in [6.07, 6.45) is 4.30. The molecule has 6 N–H and O–H groups in total. The fourth-order valence-corrected chi connectivity index (χ4v) is 2.48. The molecule has 1 atom stereocenters. The third-order valence-corrected chi connectivity index (χ3v) is 3.65. The number of hydrogen-bond donors (Lipinski definition) is 5. The minimum atomic E-state index is -0.745. The molecular weight excluding hydrogens is 256 g/mol. The van der Waals surface area contributed by atoms with Crippen molar-refractivity contribution in [2.45, 2.75) is 31.5 Å². The van der Waals surface area contributed by atoms with Gasteiger partial charge in [0.05, 0.1) is 12.2 Å². The number of carbonyl (C=O) groups is 1. The number of amides is 1. The maximum Gasteiger partial charge on any atom is 0.249 e. The molecule has 0 saturated carbocycles. The van der Waals surface area contributed by atoms with Gasteiger partial charge in [0.2, 0.25) is 5.91 Å². The monoisotopic (exact) mass is 276 g/mol. The molecule has 3 aliphatic rings. The molecule has 7 heteroatoms. The number of aliphatic imine (C=N–C) groups is 1. The molecule has 2 aliphatic heterocycles. The first-order valence-electron chi connectivity index (χ1n) is 6.75. The highest BCUT2D eigenvalue weighted by molar-refractivity contribution is 5.89. The Labute approximate surface area is 117 Å². The lowest BCUT2D eigenvalue weighted by molar-refractivity contribution is -0.126. The van der Waals surface area contributed by atoms with Gasteiger partial charge >= 0.3 is 0 Å². The van der Waals surface area contributed by atoms with Crippen molar-refractivity contribution in [2.24, 2.45) is 10.7 Å².